The first-order valence-electron chi connectivity index (χ1n) is 7.61. The molecule has 2 aliphatic rings. The van der Waals surface area contributed by atoms with Crippen molar-refractivity contribution in [2.45, 2.75) is 64.0 Å². The Bertz CT molecular complexity index is 343. The number of piperidine rings is 1. The van der Waals surface area contributed by atoms with Gasteiger partial charge in [-0.1, -0.05) is 25.7 Å². The van der Waals surface area contributed by atoms with Crippen LogP contribution in [0.15, 0.2) is 0 Å². The van der Waals surface area contributed by atoms with E-state index in [2.05, 4.69) is 24.1 Å². The fraction of sp³-hybridized carbons (Fsp3) is 0.812. The predicted octanol–water partition coefficient (Wildman–Crippen LogP) is 2.30. The van der Waals surface area contributed by atoms with Gasteiger partial charge in [0, 0.05) is 24.4 Å². The summed E-state index contributed by atoms with van der Waals surface area (Å²) in [6, 6.07) is 0.748. The van der Waals surface area contributed by atoms with Crippen LogP contribution in [0.25, 0.3) is 0 Å². The first-order chi connectivity index (χ1) is 9.29. The van der Waals surface area contributed by atoms with E-state index in [1.165, 1.54) is 12.8 Å². The first-order valence-corrected chi connectivity index (χ1v) is 7.61. The monoisotopic (exact) mass is 263 g/mol. The molecule has 19 heavy (non-hydrogen) atoms. The van der Waals surface area contributed by atoms with Gasteiger partial charge in [-0.15, -0.1) is 5.92 Å². The number of carbonyl (C=O) groups is 1. The molecule has 106 valence electrons. The van der Waals surface area contributed by atoms with Crippen LogP contribution in [-0.4, -0.2) is 31.1 Å². The zero-order valence-corrected chi connectivity index (χ0v) is 11.9. The van der Waals surface area contributed by atoms with Gasteiger partial charge in [-0.25, -0.2) is 0 Å². The van der Waals surface area contributed by atoms with Crippen LogP contribution in [0.2, 0.25) is 0 Å². The number of rotatable bonds is 5. The summed E-state index contributed by atoms with van der Waals surface area (Å²) in [5.41, 5.74) is 0. The summed E-state index contributed by atoms with van der Waals surface area (Å²) in [7, 11) is 0. The number of Topliss-reactive ketones (excluding diaryl/α,β-unsaturated/α-hetero) is 1. The Morgan fingerprint density at radius 1 is 1.21 bits per heavy atom. The van der Waals surface area contributed by atoms with Crippen LogP contribution in [0, 0.1) is 17.8 Å². The zero-order valence-electron chi connectivity index (χ0n) is 11.9. The molecule has 0 aromatic carbocycles. The van der Waals surface area contributed by atoms with Crippen molar-refractivity contribution in [3.05, 3.63) is 0 Å². The maximum absolute atomic E-state index is 12.1. The van der Waals surface area contributed by atoms with E-state index in [9.17, 15) is 4.79 Å². The van der Waals surface area contributed by atoms with E-state index < -0.39 is 0 Å². The molecule has 2 fully saturated rings. The highest BCUT2D eigenvalue weighted by Gasteiger charge is 2.34. The highest BCUT2D eigenvalue weighted by Crippen LogP contribution is 2.25. The summed E-state index contributed by atoms with van der Waals surface area (Å²) >= 11 is 0. The third-order valence-electron chi connectivity index (χ3n) is 4.00. The van der Waals surface area contributed by atoms with Gasteiger partial charge >= 0.3 is 0 Å². The van der Waals surface area contributed by atoms with Gasteiger partial charge in [0.05, 0.1) is 19.6 Å². The maximum atomic E-state index is 12.1. The summed E-state index contributed by atoms with van der Waals surface area (Å²) in [4.78, 5) is 12.1. The van der Waals surface area contributed by atoms with Crippen molar-refractivity contribution >= 4 is 5.78 Å². The van der Waals surface area contributed by atoms with Crippen LogP contribution in [0.5, 0.6) is 0 Å². The number of fused-ring (bicyclic) bond motifs is 2. The second-order valence-corrected chi connectivity index (χ2v) is 5.72. The molecule has 0 radical (unpaired) electrons. The highest BCUT2D eigenvalue weighted by molar-refractivity contribution is 5.83. The molecule has 0 aromatic rings. The molecule has 3 heteroatoms. The second-order valence-electron chi connectivity index (χ2n) is 5.72. The Balaban J connectivity index is 1.71. The van der Waals surface area contributed by atoms with E-state index in [0.29, 0.717) is 24.3 Å². The number of ether oxygens (including phenoxy) is 1. The summed E-state index contributed by atoms with van der Waals surface area (Å²) in [5.74, 6) is 6.72. The smallest absolute Gasteiger partial charge is 0.147 e. The van der Waals surface area contributed by atoms with Crippen LogP contribution in [0.4, 0.5) is 0 Å². The predicted molar refractivity (Wildman–Crippen MR) is 75.8 cm³/mol. The van der Waals surface area contributed by atoms with Crippen molar-refractivity contribution < 1.29 is 9.53 Å². The number of hydrogen-bond donors (Lipinski definition) is 1. The lowest BCUT2D eigenvalue weighted by molar-refractivity contribution is -0.124. The lowest BCUT2D eigenvalue weighted by Gasteiger charge is -2.39. The molecule has 0 spiro atoms. The Kier molecular flexibility index (Phi) is 5.88. The van der Waals surface area contributed by atoms with Crippen molar-refractivity contribution in [3.63, 3.8) is 0 Å². The van der Waals surface area contributed by atoms with Gasteiger partial charge < -0.3 is 10.1 Å². The molecule has 0 amide bonds. The zero-order chi connectivity index (χ0) is 13.5. The number of nitrogens with one attached hydrogen (secondary N) is 1. The maximum Gasteiger partial charge on any atom is 0.147 e. The van der Waals surface area contributed by atoms with E-state index in [0.717, 1.165) is 38.9 Å². The normalized spacial score (nSPS) is 29.4. The number of carbonyl (C=O) groups excluding carboxylic acids is 1. The molecule has 2 aliphatic heterocycles. The number of morpholine rings is 1. The van der Waals surface area contributed by atoms with E-state index in [1.807, 2.05) is 0 Å². The quantitative estimate of drug-likeness (QED) is 0.611. The molecule has 2 saturated heterocycles. The van der Waals surface area contributed by atoms with Gasteiger partial charge in [-0.3, -0.25) is 4.79 Å². The van der Waals surface area contributed by atoms with Crippen molar-refractivity contribution in [2.24, 2.45) is 5.92 Å². The highest BCUT2D eigenvalue weighted by atomic mass is 16.5. The largest absolute Gasteiger partial charge is 0.378 e. The third kappa shape index (κ3) is 4.63. The van der Waals surface area contributed by atoms with Crippen molar-refractivity contribution in [2.75, 3.05) is 13.2 Å². The molecule has 2 unspecified atom stereocenters. The number of ketones is 1. The molecule has 2 bridgehead atoms. The minimum atomic E-state index is 0.199. The second kappa shape index (κ2) is 7.67. The van der Waals surface area contributed by atoms with Crippen molar-refractivity contribution in [3.8, 4) is 11.8 Å². The lowest BCUT2D eigenvalue weighted by atomic mass is 9.83. The van der Waals surface area contributed by atoms with Crippen LogP contribution < -0.4 is 5.32 Å². The Morgan fingerprint density at radius 2 is 1.95 bits per heavy atom. The Labute approximate surface area is 116 Å². The molecular formula is C16H25NO2. The molecule has 0 saturated carbocycles. The van der Waals surface area contributed by atoms with Crippen LogP contribution in [-0.2, 0) is 9.53 Å². The van der Waals surface area contributed by atoms with Gasteiger partial charge in [-0.2, -0.15) is 0 Å². The van der Waals surface area contributed by atoms with E-state index >= 15 is 0 Å². The molecule has 0 aliphatic carbocycles. The van der Waals surface area contributed by atoms with Gasteiger partial charge in [0.15, 0.2) is 0 Å². The Hall–Kier alpha value is -0.850. The van der Waals surface area contributed by atoms with Gasteiger partial charge in [0.2, 0.25) is 0 Å². The average Bonchev–Trinajstić information content (AvgIpc) is 2.42. The SMILES string of the molecule is CCCCCC#CCC(=O)C1CC2COCC(C1)N2. The molecular weight excluding hydrogens is 238 g/mol. The minimum absolute atomic E-state index is 0.199. The van der Waals surface area contributed by atoms with Gasteiger partial charge in [-0.05, 0) is 19.3 Å². The molecule has 3 nitrogen and oxygen atoms in total. The number of hydrogen-bond acceptors (Lipinski definition) is 3. The molecule has 2 heterocycles. The van der Waals surface area contributed by atoms with Crippen LogP contribution in [0.3, 0.4) is 0 Å². The Morgan fingerprint density at radius 3 is 2.63 bits per heavy atom. The van der Waals surface area contributed by atoms with Gasteiger partial charge in [0.1, 0.15) is 5.78 Å². The molecule has 1 N–H and O–H groups in total. The van der Waals surface area contributed by atoms with Crippen molar-refractivity contribution in [1.82, 2.24) is 5.32 Å². The fourth-order valence-corrected chi connectivity index (χ4v) is 2.95. The summed E-state index contributed by atoms with van der Waals surface area (Å²) < 4.78 is 5.50. The van der Waals surface area contributed by atoms with Gasteiger partial charge in [0.25, 0.3) is 0 Å². The molecule has 2 rings (SSSR count). The minimum Gasteiger partial charge on any atom is -0.378 e. The first kappa shape index (κ1) is 14.6. The average molecular weight is 263 g/mol. The summed E-state index contributed by atoms with van der Waals surface area (Å²) in [5, 5.41) is 3.51. The van der Waals surface area contributed by atoms with Crippen LogP contribution >= 0.6 is 0 Å². The van der Waals surface area contributed by atoms with Crippen molar-refractivity contribution in [1.29, 1.82) is 0 Å². The lowest BCUT2D eigenvalue weighted by Crippen LogP contribution is -2.55. The standard InChI is InChI=1S/C16H25NO2/c1-2-3-4-5-6-7-8-16(18)13-9-14-11-19-12-15(10-13)17-14/h13-15,17H,2-5,8-12H2,1H3. The summed E-state index contributed by atoms with van der Waals surface area (Å²) in [6.45, 7) is 3.70. The van der Waals surface area contributed by atoms with E-state index in [-0.39, 0.29) is 5.92 Å². The molecule has 2 atom stereocenters. The van der Waals surface area contributed by atoms with E-state index in [1.54, 1.807) is 0 Å². The summed E-state index contributed by atoms with van der Waals surface area (Å²) in [6.07, 6.45) is 6.84. The fourth-order valence-electron chi connectivity index (χ4n) is 2.95. The number of unbranched alkanes of at least 4 members (excludes halogenated alkanes) is 3. The van der Waals surface area contributed by atoms with Crippen LogP contribution in [0.1, 0.15) is 51.9 Å². The third-order valence-corrected chi connectivity index (χ3v) is 4.00. The molecule has 0 aromatic heterocycles. The topological polar surface area (TPSA) is 38.3 Å². The van der Waals surface area contributed by atoms with E-state index in [4.69, 9.17) is 4.74 Å².